The van der Waals surface area contributed by atoms with E-state index in [1.54, 1.807) is 4.90 Å². The lowest BCUT2D eigenvalue weighted by Crippen LogP contribution is -2.52. The third-order valence-corrected chi connectivity index (χ3v) is 3.27. The molecule has 0 aliphatic carbocycles. The summed E-state index contributed by atoms with van der Waals surface area (Å²) in [5.74, 6) is 0.0908. The number of ether oxygens (including phenoxy) is 2. The maximum absolute atomic E-state index is 11.6. The molecular formula is C12H22N2O3. The monoisotopic (exact) mass is 242 g/mol. The van der Waals surface area contributed by atoms with Crippen molar-refractivity contribution < 1.29 is 14.3 Å². The Hall–Kier alpha value is -0.650. The van der Waals surface area contributed by atoms with Crippen LogP contribution in [-0.4, -0.2) is 61.9 Å². The van der Waals surface area contributed by atoms with Crippen LogP contribution in [0.5, 0.6) is 0 Å². The molecule has 0 spiro atoms. The summed E-state index contributed by atoms with van der Waals surface area (Å²) in [6, 6.07) is 0. The zero-order chi connectivity index (χ0) is 12.5. The second kappa shape index (κ2) is 4.92. The van der Waals surface area contributed by atoms with E-state index in [4.69, 9.17) is 9.47 Å². The molecule has 2 saturated heterocycles. The Kier molecular flexibility index (Phi) is 3.70. The Morgan fingerprint density at radius 2 is 2.35 bits per heavy atom. The maximum Gasteiger partial charge on any atom is 0.251 e. The van der Waals surface area contributed by atoms with E-state index in [-0.39, 0.29) is 23.7 Å². The molecule has 2 aliphatic heterocycles. The fourth-order valence-corrected chi connectivity index (χ4v) is 2.33. The molecule has 0 saturated carbocycles. The average Bonchev–Trinajstić information content (AvgIpc) is 2.56. The van der Waals surface area contributed by atoms with E-state index in [0.29, 0.717) is 6.61 Å². The van der Waals surface area contributed by atoms with Gasteiger partial charge in [-0.3, -0.25) is 4.79 Å². The van der Waals surface area contributed by atoms with Crippen LogP contribution in [0.25, 0.3) is 0 Å². The number of likely N-dealkylation sites (N-methyl/N-ethyl adjacent to an activating group) is 1. The molecule has 2 aliphatic rings. The van der Waals surface area contributed by atoms with Gasteiger partial charge in [-0.15, -0.1) is 0 Å². The molecule has 1 amide bonds. The molecule has 1 N–H and O–H groups in total. The second-order valence-corrected chi connectivity index (χ2v) is 5.50. The minimum absolute atomic E-state index is 0.0393. The summed E-state index contributed by atoms with van der Waals surface area (Å²) in [6.45, 7) is 7.04. The fourth-order valence-electron chi connectivity index (χ4n) is 2.33. The molecule has 0 aromatic carbocycles. The number of carbonyl (C=O) groups is 1. The molecule has 0 aromatic rings. The molecule has 5 heteroatoms. The predicted octanol–water partition coefficient (Wildman–Crippen LogP) is 0.000700. The van der Waals surface area contributed by atoms with Gasteiger partial charge in [-0.05, 0) is 13.8 Å². The van der Waals surface area contributed by atoms with Gasteiger partial charge in [0.15, 0.2) is 0 Å². The van der Waals surface area contributed by atoms with Crippen molar-refractivity contribution in [2.24, 2.45) is 0 Å². The summed E-state index contributed by atoms with van der Waals surface area (Å²) in [7, 11) is 1.81. The van der Waals surface area contributed by atoms with E-state index in [1.165, 1.54) is 0 Å². The highest BCUT2D eigenvalue weighted by Gasteiger charge is 2.33. The van der Waals surface area contributed by atoms with Crippen LogP contribution in [0.2, 0.25) is 0 Å². The van der Waals surface area contributed by atoms with Crippen molar-refractivity contribution in [3.8, 4) is 0 Å². The van der Waals surface area contributed by atoms with Gasteiger partial charge in [0, 0.05) is 33.1 Å². The van der Waals surface area contributed by atoms with Gasteiger partial charge in [-0.2, -0.15) is 0 Å². The van der Waals surface area contributed by atoms with Gasteiger partial charge in [0.1, 0.15) is 6.10 Å². The summed E-state index contributed by atoms with van der Waals surface area (Å²) >= 11 is 0. The summed E-state index contributed by atoms with van der Waals surface area (Å²) in [4.78, 5) is 13.4. The fraction of sp³-hybridized carbons (Fsp3) is 0.917. The quantitative estimate of drug-likeness (QED) is 0.757. The summed E-state index contributed by atoms with van der Waals surface area (Å²) in [5, 5.41) is 3.32. The molecule has 2 atom stereocenters. The number of nitrogens with zero attached hydrogens (tertiary/aromatic N) is 1. The van der Waals surface area contributed by atoms with Crippen molar-refractivity contribution in [3.63, 3.8) is 0 Å². The predicted molar refractivity (Wildman–Crippen MR) is 63.8 cm³/mol. The van der Waals surface area contributed by atoms with Crippen LogP contribution in [0.4, 0.5) is 0 Å². The van der Waals surface area contributed by atoms with Crippen molar-refractivity contribution in [3.05, 3.63) is 0 Å². The standard InChI is InChI=1S/C12H22N2O3/c1-12(2)8-13-6-9(17-12)7-16-10-4-5-14(3)11(10)15/h9-10,13H,4-8H2,1-3H3. The average molecular weight is 242 g/mol. The van der Waals surface area contributed by atoms with Crippen molar-refractivity contribution >= 4 is 5.91 Å². The summed E-state index contributed by atoms with van der Waals surface area (Å²) < 4.78 is 11.5. The van der Waals surface area contributed by atoms with Gasteiger partial charge in [0.2, 0.25) is 0 Å². The molecule has 0 radical (unpaired) electrons. The van der Waals surface area contributed by atoms with Crippen molar-refractivity contribution in [1.82, 2.24) is 10.2 Å². The Morgan fingerprint density at radius 1 is 1.59 bits per heavy atom. The maximum atomic E-state index is 11.6. The molecule has 17 heavy (non-hydrogen) atoms. The van der Waals surface area contributed by atoms with Crippen LogP contribution in [-0.2, 0) is 14.3 Å². The first-order valence-electron chi connectivity index (χ1n) is 6.23. The molecule has 0 bridgehead atoms. The Balaban J connectivity index is 1.77. The largest absolute Gasteiger partial charge is 0.367 e. The molecule has 2 rings (SSSR count). The Morgan fingerprint density at radius 3 is 2.94 bits per heavy atom. The number of hydrogen-bond acceptors (Lipinski definition) is 4. The van der Waals surface area contributed by atoms with Gasteiger partial charge < -0.3 is 19.7 Å². The topological polar surface area (TPSA) is 50.8 Å². The Labute approximate surface area is 102 Å². The summed E-state index contributed by atoms with van der Waals surface area (Å²) in [5.41, 5.74) is -0.150. The second-order valence-electron chi connectivity index (χ2n) is 5.50. The van der Waals surface area contributed by atoms with E-state index in [2.05, 4.69) is 19.2 Å². The number of amides is 1. The van der Waals surface area contributed by atoms with Gasteiger partial charge in [-0.25, -0.2) is 0 Å². The number of morpholine rings is 1. The van der Waals surface area contributed by atoms with Crippen LogP contribution < -0.4 is 5.32 Å². The zero-order valence-corrected chi connectivity index (χ0v) is 10.9. The third kappa shape index (κ3) is 3.18. The van der Waals surface area contributed by atoms with E-state index >= 15 is 0 Å². The summed E-state index contributed by atoms with van der Waals surface area (Å²) in [6.07, 6.45) is 0.560. The molecule has 5 nitrogen and oxygen atoms in total. The minimum Gasteiger partial charge on any atom is -0.367 e. The molecule has 0 aromatic heterocycles. The Bertz CT molecular complexity index is 293. The van der Waals surface area contributed by atoms with Crippen LogP contribution in [0, 0.1) is 0 Å². The normalized spacial score (nSPS) is 33.1. The molecule has 2 fully saturated rings. The molecular weight excluding hydrogens is 220 g/mol. The third-order valence-electron chi connectivity index (χ3n) is 3.27. The first-order valence-corrected chi connectivity index (χ1v) is 6.23. The van der Waals surface area contributed by atoms with E-state index in [9.17, 15) is 4.79 Å². The molecule has 98 valence electrons. The number of nitrogens with one attached hydrogen (secondary N) is 1. The van der Waals surface area contributed by atoms with Gasteiger partial charge >= 0.3 is 0 Å². The SMILES string of the molecule is CN1CCC(OCC2CNCC(C)(C)O2)C1=O. The number of rotatable bonds is 3. The number of hydrogen-bond donors (Lipinski definition) is 1. The first-order chi connectivity index (χ1) is 7.98. The first kappa shape index (κ1) is 12.8. The highest BCUT2D eigenvalue weighted by atomic mass is 16.6. The van der Waals surface area contributed by atoms with Gasteiger partial charge in [-0.1, -0.05) is 0 Å². The lowest BCUT2D eigenvalue weighted by atomic mass is 10.1. The minimum atomic E-state index is -0.270. The van der Waals surface area contributed by atoms with Crippen molar-refractivity contribution in [2.75, 3.05) is 33.3 Å². The van der Waals surface area contributed by atoms with E-state index < -0.39 is 0 Å². The highest BCUT2D eigenvalue weighted by Crippen LogP contribution is 2.18. The zero-order valence-electron chi connectivity index (χ0n) is 10.9. The smallest absolute Gasteiger partial charge is 0.251 e. The highest BCUT2D eigenvalue weighted by molar-refractivity contribution is 5.82. The van der Waals surface area contributed by atoms with Crippen LogP contribution in [0.3, 0.4) is 0 Å². The van der Waals surface area contributed by atoms with Crippen LogP contribution in [0.1, 0.15) is 20.3 Å². The lowest BCUT2D eigenvalue weighted by Gasteiger charge is -2.36. The molecule has 2 unspecified atom stereocenters. The van der Waals surface area contributed by atoms with Crippen molar-refractivity contribution in [2.45, 2.75) is 38.1 Å². The van der Waals surface area contributed by atoms with Crippen molar-refractivity contribution in [1.29, 1.82) is 0 Å². The number of likely N-dealkylation sites (tertiary alicyclic amines) is 1. The van der Waals surface area contributed by atoms with E-state index in [1.807, 2.05) is 7.05 Å². The van der Waals surface area contributed by atoms with Crippen LogP contribution in [0.15, 0.2) is 0 Å². The number of carbonyl (C=O) groups excluding carboxylic acids is 1. The lowest BCUT2D eigenvalue weighted by molar-refractivity contribution is -0.147. The van der Waals surface area contributed by atoms with Gasteiger partial charge in [0.05, 0.1) is 18.3 Å². The van der Waals surface area contributed by atoms with E-state index in [0.717, 1.165) is 26.1 Å². The molecule has 2 heterocycles. The van der Waals surface area contributed by atoms with Gasteiger partial charge in [0.25, 0.3) is 5.91 Å². The van der Waals surface area contributed by atoms with Crippen LogP contribution >= 0.6 is 0 Å².